The normalized spacial score (nSPS) is 9.18. The molecule has 1 amide bonds. The summed E-state index contributed by atoms with van der Waals surface area (Å²) >= 11 is 0. The van der Waals surface area contributed by atoms with Crippen molar-refractivity contribution in [1.82, 2.24) is 0 Å². The SMILES string of the molecule is CCOC(=O)N[s+]1cccc1. The minimum absolute atomic E-state index is 0.245. The van der Waals surface area contributed by atoms with Crippen molar-refractivity contribution in [1.29, 1.82) is 0 Å². The number of carbonyl (C=O) groups is 1. The number of amides is 1. The molecule has 0 bridgehead atoms. The third-order valence-electron chi connectivity index (χ3n) is 1.04. The maximum absolute atomic E-state index is 10.8. The van der Waals surface area contributed by atoms with E-state index in [2.05, 4.69) is 4.72 Å². The van der Waals surface area contributed by atoms with Gasteiger partial charge in [-0.1, -0.05) is 0 Å². The molecule has 0 saturated carbocycles. The monoisotopic (exact) mass is 172 g/mol. The zero-order valence-corrected chi connectivity index (χ0v) is 7.06. The van der Waals surface area contributed by atoms with Gasteiger partial charge in [0.15, 0.2) is 10.8 Å². The maximum atomic E-state index is 10.8. The third kappa shape index (κ3) is 2.59. The van der Waals surface area contributed by atoms with Crippen molar-refractivity contribution in [2.75, 3.05) is 11.3 Å². The number of ether oxygens (including phenoxy) is 1. The number of thiophene rings is 1. The lowest BCUT2D eigenvalue weighted by Gasteiger charge is -1.95. The molecule has 11 heavy (non-hydrogen) atoms. The van der Waals surface area contributed by atoms with Crippen molar-refractivity contribution in [2.24, 2.45) is 0 Å². The molecule has 0 aliphatic carbocycles. The zero-order valence-electron chi connectivity index (χ0n) is 6.24. The summed E-state index contributed by atoms with van der Waals surface area (Å²) in [4.78, 5) is 10.8. The summed E-state index contributed by atoms with van der Waals surface area (Å²) in [5.74, 6) is 0. The molecule has 0 saturated heterocycles. The van der Waals surface area contributed by atoms with Crippen LogP contribution < -0.4 is 4.72 Å². The van der Waals surface area contributed by atoms with Gasteiger partial charge >= 0.3 is 6.09 Å². The second-order valence-electron chi connectivity index (χ2n) is 1.85. The van der Waals surface area contributed by atoms with Gasteiger partial charge in [0.05, 0.1) is 17.3 Å². The largest absolute Gasteiger partial charge is 0.452 e. The molecule has 1 aromatic heterocycles. The van der Waals surface area contributed by atoms with E-state index in [1.54, 1.807) is 6.92 Å². The second-order valence-corrected chi connectivity index (χ2v) is 3.34. The van der Waals surface area contributed by atoms with E-state index in [4.69, 9.17) is 4.74 Å². The van der Waals surface area contributed by atoms with E-state index >= 15 is 0 Å². The summed E-state index contributed by atoms with van der Waals surface area (Å²) in [6.45, 7) is 2.19. The Balaban J connectivity index is 2.37. The first-order chi connectivity index (χ1) is 5.33. The van der Waals surface area contributed by atoms with E-state index in [0.29, 0.717) is 6.61 Å². The van der Waals surface area contributed by atoms with Crippen LogP contribution >= 0.6 is 10.7 Å². The van der Waals surface area contributed by atoms with Crippen LogP contribution in [0.3, 0.4) is 0 Å². The Hall–Kier alpha value is -1.03. The number of hydrogen-bond acceptors (Lipinski definition) is 2. The molecule has 0 atom stereocenters. The van der Waals surface area contributed by atoms with Gasteiger partial charge in [-0.05, 0) is 19.1 Å². The van der Waals surface area contributed by atoms with Crippen molar-refractivity contribution in [3.05, 3.63) is 22.9 Å². The van der Waals surface area contributed by atoms with Crippen LogP contribution in [0, 0.1) is 0 Å². The molecule has 0 radical (unpaired) electrons. The Labute approximate surface area is 68.1 Å². The summed E-state index contributed by atoms with van der Waals surface area (Å²) in [6.07, 6.45) is -0.355. The van der Waals surface area contributed by atoms with Crippen LogP contribution in [-0.4, -0.2) is 12.7 Å². The first-order valence-corrected chi connectivity index (χ1v) is 4.68. The van der Waals surface area contributed by atoms with Crippen LogP contribution in [0.25, 0.3) is 0 Å². The van der Waals surface area contributed by atoms with E-state index in [0.717, 1.165) is 0 Å². The van der Waals surface area contributed by atoms with Crippen LogP contribution in [0.2, 0.25) is 0 Å². The highest BCUT2D eigenvalue weighted by atomic mass is 32.2. The highest BCUT2D eigenvalue weighted by molar-refractivity contribution is 7.31. The lowest BCUT2D eigenvalue weighted by molar-refractivity contribution is 0.169. The molecular formula is C7H10NO2S+. The lowest BCUT2D eigenvalue weighted by atomic mass is 10.7. The summed E-state index contributed by atoms with van der Waals surface area (Å²) in [5.41, 5.74) is 0. The van der Waals surface area contributed by atoms with Gasteiger partial charge in [-0.25, -0.2) is 4.79 Å². The summed E-state index contributed by atoms with van der Waals surface area (Å²) in [7, 11) is -0.245. The zero-order chi connectivity index (χ0) is 8.10. The smallest absolute Gasteiger partial charge is 0.447 e. The van der Waals surface area contributed by atoms with Crippen LogP contribution in [0.1, 0.15) is 6.92 Å². The lowest BCUT2D eigenvalue weighted by Crippen LogP contribution is -2.11. The molecule has 0 aliphatic rings. The molecule has 1 rings (SSSR count). The van der Waals surface area contributed by atoms with Gasteiger partial charge in [-0.2, -0.15) is 0 Å². The Bertz CT molecular complexity index is 220. The van der Waals surface area contributed by atoms with Gasteiger partial charge in [0.25, 0.3) is 0 Å². The predicted molar refractivity (Wildman–Crippen MR) is 45.3 cm³/mol. The van der Waals surface area contributed by atoms with Gasteiger partial charge in [0.2, 0.25) is 0 Å². The van der Waals surface area contributed by atoms with E-state index in [-0.39, 0.29) is 16.7 Å². The third-order valence-corrected chi connectivity index (χ3v) is 2.34. The first-order valence-electron chi connectivity index (χ1n) is 3.33. The molecule has 1 aromatic rings. The second kappa shape index (κ2) is 3.98. The molecule has 1 heterocycles. The Kier molecular flexibility index (Phi) is 2.92. The molecule has 4 heteroatoms. The quantitative estimate of drug-likeness (QED) is 0.694. The molecule has 0 spiro atoms. The predicted octanol–water partition coefficient (Wildman–Crippen LogP) is 2.14. The van der Waals surface area contributed by atoms with Crippen LogP contribution in [0.4, 0.5) is 4.79 Å². The summed E-state index contributed by atoms with van der Waals surface area (Å²) in [5, 5.41) is 3.83. The van der Waals surface area contributed by atoms with Crippen LogP contribution in [-0.2, 0) is 4.74 Å². The minimum atomic E-state index is -0.355. The number of rotatable bonds is 2. The van der Waals surface area contributed by atoms with E-state index in [1.165, 1.54) is 0 Å². The Morgan fingerprint density at radius 1 is 1.55 bits per heavy atom. The number of carbonyl (C=O) groups excluding carboxylic acids is 1. The molecule has 0 unspecified atom stereocenters. The molecule has 0 aliphatic heterocycles. The average molecular weight is 172 g/mol. The van der Waals surface area contributed by atoms with Gasteiger partial charge in [-0.15, -0.1) is 4.72 Å². The Morgan fingerprint density at radius 3 is 2.73 bits per heavy atom. The van der Waals surface area contributed by atoms with Crippen molar-refractivity contribution in [3.63, 3.8) is 0 Å². The fourth-order valence-electron chi connectivity index (χ4n) is 0.630. The fraction of sp³-hybridized carbons (Fsp3) is 0.286. The molecular weight excluding hydrogens is 162 g/mol. The van der Waals surface area contributed by atoms with Crippen molar-refractivity contribution in [3.8, 4) is 0 Å². The Morgan fingerprint density at radius 2 is 2.18 bits per heavy atom. The highest BCUT2D eigenvalue weighted by Crippen LogP contribution is 2.12. The van der Waals surface area contributed by atoms with Gasteiger partial charge in [0, 0.05) is 0 Å². The molecule has 3 nitrogen and oxygen atoms in total. The molecule has 60 valence electrons. The van der Waals surface area contributed by atoms with Gasteiger partial charge in [0.1, 0.15) is 0 Å². The number of hydrogen-bond donors (Lipinski definition) is 1. The summed E-state index contributed by atoms with van der Waals surface area (Å²) in [6, 6.07) is 3.80. The molecule has 1 N–H and O–H groups in total. The summed E-state index contributed by atoms with van der Waals surface area (Å²) < 4.78 is 7.37. The fourth-order valence-corrected chi connectivity index (χ4v) is 1.63. The van der Waals surface area contributed by atoms with Crippen molar-refractivity contribution < 1.29 is 9.53 Å². The standard InChI is InChI=1S/C7H9NO2S/c1-2-10-7(9)8-11-5-3-4-6-11/h3-6H,2H2,1H3/p+1. The minimum Gasteiger partial charge on any atom is -0.447 e. The van der Waals surface area contributed by atoms with E-state index in [9.17, 15) is 4.79 Å². The topological polar surface area (TPSA) is 38.3 Å². The van der Waals surface area contributed by atoms with Gasteiger partial charge in [-0.3, -0.25) is 0 Å². The molecule has 0 aromatic carbocycles. The average Bonchev–Trinajstić information content (AvgIpc) is 2.40. The van der Waals surface area contributed by atoms with Crippen LogP contribution in [0.5, 0.6) is 0 Å². The molecule has 0 fully saturated rings. The van der Waals surface area contributed by atoms with Gasteiger partial charge < -0.3 is 4.74 Å². The van der Waals surface area contributed by atoms with E-state index in [1.807, 2.05) is 22.9 Å². The first kappa shape index (κ1) is 8.07. The van der Waals surface area contributed by atoms with Crippen LogP contribution in [0.15, 0.2) is 22.9 Å². The van der Waals surface area contributed by atoms with Crippen molar-refractivity contribution in [2.45, 2.75) is 6.92 Å². The van der Waals surface area contributed by atoms with E-state index < -0.39 is 0 Å². The number of nitrogens with one attached hydrogen (secondary N) is 1. The highest BCUT2D eigenvalue weighted by Gasteiger charge is 2.07. The maximum Gasteiger partial charge on any atom is 0.452 e. The van der Waals surface area contributed by atoms with Crippen molar-refractivity contribution >= 4 is 16.7 Å².